The summed E-state index contributed by atoms with van der Waals surface area (Å²) in [5.41, 5.74) is 14.2. The molecule has 0 radical (unpaired) electrons. The largest absolute Gasteiger partial charge is 0.455 e. The number of benzene rings is 10. The topological polar surface area (TPSA) is 16.4 Å². The summed E-state index contributed by atoms with van der Waals surface area (Å²) in [5, 5.41) is 6.98. The van der Waals surface area contributed by atoms with Crippen LogP contribution >= 0.6 is 0 Å². The summed E-state index contributed by atoms with van der Waals surface area (Å²) < 4.78 is 6.94. The standard InChI is InChI=1S/C56H37NO/c1-2-15-38(16-3-1)39-31-33-40(34-32-39)43-21-12-22-44(37-43)57(52-29-10-8-25-49(52)47-27-13-19-41-17-4-6-23-45(41)47)53-36-35-50(48-28-14-20-42-18-5-7-24-46(42)48)56-55(53)51-26-9-11-30-54(51)58-56/h1-37H. The zero-order valence-corrected chi connectivity index (χ0v) is 31.7. The molecule has 0 amide bonds. The van der Waals surface area contributed by atoms with Gasteiger partial charge in [0.25, 0.3) is 0 Å². The lowest BCUT2D eigenvalue weighted by Gasteiger charge is -2.29. The lowest BCUT2D eigenvalue weighted by molar-refractivity contribution is 0.670. The lowest BCUT2D eigenvalue weighted by atomic mass is 9.94. The first-order chi connectivity index (χ1) is 28.8. The molecule has 0 fully saturated rings. The summed E-state index contributed by atoms with van der Waals surface area (Å²) in [5.74, 6) is 0. The van der Waals surface area contributed by atoms with Crippen LogP contribution in [-0.4, -0.2) is 0 Å². The molecule has 0 aliphatic rings. The number of furan rings is 1. The smallest absolute Gasteiger partial charge is 0.145 e. The van der Waals surface area contributed by atoms with E-state index in [2.05, 4.69) is 229 Å². The van der Waals surface area contributed by atoms with E-state index >= 15 is 0 Å². The van der Waals surface area contributed by atoms with Crippen LogP contribution in [0.2, 0.25) is 0 Å². The van der Waals surface area contributed by atoms with Crippen LogP contribution in [0.25, 0.3) is 88.0 Å². The summed E-state index contributed by atoms with van der Waals surface area (Å²) in [7, 11) is 0. The molecule has 0 bridgehead atoms. The van der Waals surface area contributed by atoms with E-state index in [0.29, 0.717) is 0 Å². The van der Waals surface area contributed by atoms with Gasteiger partial charge in [-0.15, -0.1) is 0 Å². The first-order valence-corrected chi connectivity index (χ1v) is 19.8. The molecular weight excluding hydrogens is 703 g/mol. The third-order valence-corrected chi connectivity index (χ3v) is 11.5. The second-order valence-electron chi connectivity index (χ2n) is 14.8. The Morgan fingerprint density at radius 1 is 0.310 bits per heavy atom. The Morgan fingerprint density at radius 2 is 0.828 bits per heavy atom. The summed E-state index contributed by atoms with van der Waals surface area (Å²) in [6.45, 7) is 0. The predicted molar refractivity (Wildman–Crippen MR) is 245 cm³/mol. The normalized spacial score (nSPS) is 11.4. The molecule has 11 aromatic rings. The Hall–Kier alpha value is -7.68. The van der Waals surface area contributed by atoms with Crippen LogP contribution in [-0.2, 0) is 0 Å². The highest BCUT2D eigenvalue weighted by molar-refractivity contribution is 6.19. The SMILES string of the molecule is c1ccc(-c2ccc(-c3cccc(N(c4ccccc4-c4cccc5ccccc45)c4ccc(-c5cccc6ccccc56)c5oc6ccccc6c45)c3)cc2)cc1. The maximum absolute atomic E-state index is 6.94. The van der Waals surface area contributed by atoms with Crippen LogP contribution in [0.3, 0.4) is 0 Å². The predicted octanol–water partition coefficient (Wildman–Crippen LogP) is 16.0. The van der Waals surface area contributed by atoms with E-state index in [1.165, 1.54) is 38.2 Å². The van der Waals surface area contributed by atoms with Gasteiger partial charge in [0.1, 0.15) is 11.2 Å². The molecule has 0 atom stereocenters. The zero-order chi connectivity index (χ0) is 38.4. The van der Waals surface area contributed by atoms with Gasteiger partial charge in [0, 0.05) is 22.2 Å². The molecule has 272 valence electrons. The molecule has 0 unspecified atom stereocenters. The molecule has 2 heteroatoms. The van der Waals surface area contributed by atoms with Gasteiger partial charge < -0.3 is 9.32 Å². The van der Waals surface area contributed by atoms with Gasteiger partial charge >= 0.3 is 0 Å². The van der Waals surface area contributed by atoms with Gasteiger partial charge in [-0.1, -0.05) is 188 Å². The van der Waals surface area contributed by atoms with Crippen LogP contribution in [0.4, 0.5) is 17.1 Å². The average Bonchev–Trinajstić information content (AvgIpc) is 3.70. The first-order valence-electron chi connectivity index (χ1n) is 19.8. The highest BCUT2D eigenvalue weighted by Gasteiger charge is 2.25. The Morgan fingerprint density at radius 3 is 1.57 bits per heavy atom. The monoisotopic (exact) mass is 739 g/mol. The van der Waals surface area contributed by atoms with Gasteiger partial charge in [0.15, 0.2) is 0 Å². The van der Waals surface area contributed by atoms with Crippen LogP contribution in [0.15, 0.2) is 229 Å². The van der Waals surface area contributed by atoms with Gasteiger partial charge in [0.05, 0.1) is 16.8 Å². The van der Waals surface area contributed by atoms with E-state index in [4.69, 9.17) is 4.42 Å². The molecule has 0 spiro atoms. The fraction of sp³-hybridized carbons (Fsp3) is 0. The van der Waals surface area contributed by atoms with Crippen molar-refractivity contribution in [2.75, 3.05) is 4.90 Å². The highest BCUT2D eigenvalue weighted by Crippen LogP contribution is 2.49. The van der Waals surface area contributed by atoms with Crippen molar-refractivity contribution in [2.45, 2.75) is 0 Å². The number of para-hydroxylation sites is 2. The van der Waals surface area contributed by atoms with E-state index < -0.39 is 0 Å². The quantitative estimate of drug-likeness (QED) is 0.162. The second kappa shape index (κ2) is 14.1. The minimum atomic E-state index is 0.862. The van der Waals surface area contributed by atoms with E-state index in [9.17, 15) is 0 Å². The Kier molecular flexibility index (Phi) is 8.19. The zero-order valence-electron chi connectivity index (χ0n) is 31.7. The number of fused-ring (bicyclic) bond motifs is 5. The molecule has 1 aromatic heterocycles. The molecule has 0 saturated heterocycles. The average molecular weight is 740 g/mol. The Balaban J connectivity index is 1.17. The molecule has 2 nitrogen and oxygen atoms in total. The van der Waals surface area contributed by atoms with Gasteiger partial charge in [0.2, 0.25) is 0 Å². The van der Waals surface area contributed by atoms with Gasteiger partial charge in [-0.05, 0) is 91.3 Å². The third-order valence-electron chi connectivity index (χ3n) is 11.5. The number of anilines is 3. The molecule has 0 saturated carbocycles. The summed E-state index contributed by atoms with van der Waals surface area (Å²) in [4.78, 5) is 2.44. The van der Waals surface area contributed by atoms with Crippen molar-refractivity contribution < 1.29 is 4.42 Å². The van der Waals surface area contributed by atoms with E-state index in [0.717, 1.165) is 66.8 Å². The van der Waals surface area contributed by atoms with E-state index in [1.807, 2.05) is 0 Å². The van der Waals surface area contributed by atoms with Gasteiger partial charge in [-0.3, -0.25) is 0 Å². The van der Waals surface area contributed by atoms with Crippen molar-refractivity contribution in [3.8, 4) is 44.5 Å². The molecule has 10 aromatic carbocycles. The van der Waals surface area contributed by atoms with Crippen LogP contribution in [0, 0.1) is 0 Å². The second-order valence-corrected chi connectivity index (χ2v) is 14.8. The minimum absolute atomic E-state index is 0.862. The van der Waals surface area contributed by atoms with Crippen molar-refractivity contribution >= 4 is 60.5 Å². The molecule has 11 rings (SSSR count). The van der Waals surface area contributed by atoms with Crippen LogP contribution < -0.4 is 4.90 Å². The highest BCUT2D eigenvalue weighted by atomic mass is 16.3. The van der Waals surface area contributed by atoms with Gasteiger partial charge in [-0.2, -0.15) is 0 Å². The number of hydrogen-bond donors (Lipinski definition) is 0. The molecule has 58 heavy (non-hydrogen) atoms. The maximum Gasteiger partial charge on any atom is 0.145 e. The van der Waals surface area contributed by atoms with Crippen molar-refractivity contribution in [3.63, 3.8) is 0 Å². The number of rotatable bonds is 7. The van der Waals surface area contributed by atoms with Gasteiger partial charge in [-0.25, -0.2) is 0 Å². The molecule has 0 aliphatic heterocycles. The summed E-state index contributed by atoms with van der Waals surface area (Å²) >= 11 is 0. The maximum atomic E-state index is 6.94. The van der Waals surface area contributed by atoms with Crippen molar-refractivity contribution in [3.05, 3.63) is 224 Å². The third kappa shape index (κ3) is 5.74. The molecular formula is C56H37NO. The minimum Gasteiger partial charge on any atom is -0.455 e. The fourth-order valence-corrected chi connectivity index (χ4v) is 8.74. The fourth-order valence-electron chi connectivity index (χ4n) is 8.74. The van der Waals surface area contributed by atoms with Crippen molar-refractivity contribution in [1.82, 2.24) is 0 Å². The molecule has 0 aliphatic carbocycles. The van der Waals surface area contributed by atoms with Crippen LogP contribution in [0.5, 0.6) is 0 Å². The van der Waals surface area contributed by atoms with Crippen molar-refractivity contribution in [2.24, 2.45) is 0 Å². The number of nitrogens with zero attached hydrogens (tertiary/aromatic N) is 1. The summed E-state index contributed by atoms with van der Waals surface area (Å²) in [6, 6.07) is 80.6. The number of hydrogen-bond acceptors (Lipinski definition) is 2. The lowest BCUT2D eigenvalue weighted by Crippen LogP contribution is -2.12. The van der Waals surface area contributed by atoms with E-state index in [1.54, 1.807) is 0 Å². The Bertz CT molecular complexity index is 3270. The summed E-state index contributed by atoms with van der Waals surface area (Å²) in [6.07, 6.45) is 0. The first kappa shape index (κ1) is 33.6. The van der Waals surface area contributed by atoms with E-state index in [-0.39, 0.29) is 0 Å². The van der Waals surface area contributed by atoms with Crippen LogP contribution in [0.1, 0.15) is 0 Å². The van der Waals surface area contributed by atoms with Crippen molar-refractivity contribution in [1.29, 1.82) is 0 Å². The molecule has 1 heterocycles. The molecule has 0 N–H and O–H groups in total. The Labute approximate surface area is 337 Å².